The highest BCUT2D eigenvalue weighted by Gasteiger charge is 2.61. The highest BCUT2D eigenvalue weighted by Crippen LogP contribution is 2.49. The Hall–Kier alpha value is -3.15. The molecule has 30 heavy (non-hydrogen) atoms. The average Bonchev–Trinajstić information content (AvgIpc) is 3.17. The summed E-state index contributed by atoms with van der Waals surface area (Å²) in [5.74, 6) is -4.16. The predicted octanol–water partition coefficient (Wildman–Crippen LogP) is 1.03. The number of aromatic hydroxyl groups is 1. The first-order chi connectivity index (χ1) is 14.3. The van der Waals surface area contributed by atoms with Gasteiger partial charge in [0.15, 0.2) is 0 Å². The molecule has 4 atom stereocenters. The molecule has 1 saturated heterocycles. The van der Waals surface area contributed by atoms with E-state index in [0.29, 0.717) is 0 Å². The molecule has 2 aliphatic heterocycles. The van der Waals surface area contributed by atoms with E-state index in [0.717, 1.165) is 18.5 Å². The van der Waals surface area contributed by atoms with Crippen LogP contribution in [-0.2, 0) is 9.47 Å². The van der Waals surface area contributed by atoms with Gasteiger partial charge in [0.2, 0.25) is 5.88 Å². The highest BCUT2D eigenvalue weighted by molar-refractivity contribution is 5.93. The first-order valence-electron chi connectivity index (χ1n) is 9.07. The SMILES string of the molecule is NC1=N[C@](C(F)F)(C2CC(NC(=O)c3cnc(O)cn3)=CC=C2F)[C@H]2COC[C@H]2O1. The van der Waals surface area contributed by atoms with Gasteiger partial charge in [-0.1, -0.05) is 0 Å². The average molecular weight is 425 g/mol. The largest absolute Gasteiger partial charge is 0.492 e. The summed E-state index contributed by atoms with van der Waals surface area (Å²) in [5.41, 5.74) is 3.52. The molecule has 12 heteroatoms. The minimum Gasteiger partial charge on any atom is -0.492 e. The number of carbonyl (C=O) groups is 1. The standard InChI is InChI=1S/C18H18F3N5O4/c19-11-2-1-8(25-15(28)12-4-24-14(27)5-23-12)3-9(11)18(16(20)21)10-6-29-7-13(10)30-17(22)26-18/h1-2,4-5,9-10,13,16H,3,6-7H2,(H2,22,26)(H,24,27)(H,25,28)/t9?,10-,13+,18+/m0/s1. The molecule has 1 aliphatic carbocycles. The monoisotopic (exact) mass is 425 g/mol. The third-order valence-electron chi connectivity index (χ3n) is 5.45. The number of nitrogens with two attached hydrogens (primary N) is 1. The lowest BCUT2D eigenvalue weighted by molar-refractivity contribution is -0.0537. The summed E-state index contributed by atoms with van der Waals surface area (Å²) in [6.07, 6.45) is 0.250. The molecule has 9 nitrogen and oxygen atoms in total. The van der Waals surface area contributed by atoms with Gasteiger partial charge < -0.3 is 25.6 Å². The maximum absolute atomic E-state index is 14.8. The lowest BCUT2D eigenvalue weighted by Crippen LogP contribution is -2.59. The number of hydrogen-bond acceptors (Lipinski definition) is 8. The van der Waals surface area contributed by atoms with Gasteiger partial charge in [-0.2, -0.15) is 0 Å². The van der Waals surface area contributed by atoms with Crippen molar-refractivity contribution >= 4 is 11.9 Å². The molecule has 0 radical (unpaired) electrons. The van der Waals surface area contributed by atoms with Gasteiger partial charge in [0.1, 0.15) is 23.2 Å². The van der Waals surface area contributed by atoms with Crippen LogP contribution in [0.25, 0.3) is 0 Å². The van der Waals surface area contributed by atoms with Crippen LogP contribution in [0.5, 0.6) is 5.88 Å². The quantitative estimate of drug-likeness (QED) is 0.657. The summed E-state index contributed by atoms with van der Waals surface area (Å²) in [5, 5.41) is 11.7. The van der Waals surface area contributed by atoms with Gasteiger partial charge in [0, 0.05) is 11.6 Å². The fourth-order valence-corrected chi connectivity index (χ4v) is 4.04. The molecule has 1 aromatic heterocycles. The Kier molecular flexibility index (Phi) is 5.10. The topological polar surface area (TPSA) is 132 Å². The maximum Gasteiger partial charge on any atom is 0.283 e. The van der Waals surface area contributed by atoms with Gasteiger partial charge in [-0.3, -0.25) is 4.79 Å². The number of hydrogen-bond donors (Lipinski definition) is 3. The molecule has 1 aromatic rings. The molecule has 1 amide bonds. The molecule has 0 aromatic carbocycles. The Labute approximate surface area is 168 Å². The Balaban J connectivity index is 1.62. The minimum atomic E-state index is -3.06. The molecule has 0 bridgehead atoms. The van der Waals surface area contributed by atoms with E-state index in [1.165, 1.54) is 6.08 Å². The number of halogens is 3. The second-order valence-corrected chi connectivity index (χ2v) is 7.15. The van der Waals surface area contributed by atoms with E-state index in [1.54, 1.807) is 0 Å². The lowest BCUT2D eigenvalue weighted by atomic mass is 9.69. The number of nitrogens with zero attached hydrogens (tertiary/aromatic N) is 3. The van der Waals surface area contributed by atoms with Gasteiger partial charge in [-0.05, 0) is 18.6 Å². The van der Waals surface area contributed by atoms with Crippen molar-refractivity contribution in [2.24, 2.45) is 22.6 Å². The van der Waals surface area contributed by atoms with Crippen molar-refractivity contribution < 1.29 is 32.5 Å². The van der Waals surface area contributed by atoms with Gasteiger partial charge in [0.25, 0.3) is 18.4 Å². The van der Waals surface area contributed by atoms with E-state index in [4.69, 9.17) is 20.3 Å². The molecule has 160 valence electrons. The molecule has 4 N–H and O–H groups in total. The number of fused-ring (bicyclic) bond motifs is 1. The lowest BCUT2D eigenvalue weighted by Gasteiger charge is -2.45. The van der Waals surface area contributed by atoms with Crippen LogP contribution in [0, 0.1) is 11.8 Å². The summed E-state index contributed by atoms with van der Waals surface area (Å²) >= 11 is 0. The molecule has 1 fully saturated rings. The zero-order chi connectivity index (χ0) is 21.5. The fraction of sp³-hybridized carbons (Fsp3) is 0.444. The number of carbonyl (C=O) groups excluding carboxylic acids is 1. The number of alkyl halides is 2. The van der Waals surface area contributed by atoms with Crippen molar-refractivity contribution in [1.29, 1.82) is 0 Å². The highest BCUT2D eigenvalue weighted by atomic mass is 19.3. The van der Waals surface area contributed by atoms with Crippen molar-refractivity contribution in [3.05, 3.63) is 41.8 Å². The number of aliphatic imine (C=N–C) groups is 1. The van der Waals surface area contributed by atoms with Crippen LogP contribution in [0.3, 0.4) is 0 Å². The van der Waals surface area contributed by atoms with E-state index in [9.17, 15) is 18.0 Å². The summed E-state index contributed by atoms with van der Waals surface area (Å²) < 4.78 is 54.3. The number of amides is 1. The van der Waals surface area contributed by atoms with Crippen LogP contribution in [0.1, 0.15) is 16.9 Å². The number of ether oxygens (including phenoxy) is 2. The number of aromatic nitrogens is 2. The van der Waals surface area contributed by atoms with E-state index < -0.39 is 47.7 Å². The molecule has 3 heterocycles. The van der Waals surface area contributed by atoms with Crippen molar-refractivity contribution in [3.8, 4) is 5.88 Å². The third kappa shape index (κ3) is 3.36. The molecular formula is C18H18F3N5O4. The third-order valence-corrected chi connectivity index (χ3v) is 5.45. The van der Waals surface area contributed by atoms with Crippen LogP contribution >= 0.6 is 0 Å². The molecule has 0 spiro atoms. The molecule has 4 rings (SSSR count). The Morgan fingerprint density at radius 1 is 1.30 bits per heavy atom. The second kappa shape index (κ2) is 7.59. The first-order valence-corrected chi connectivity index (χ1v) is 9.07. The van der Waals surface area contributed by atoms with E-state index in [2.05, 4.69) is 20.3 Å². The summed E-state index contributed by atoms with van der Waals surface area (Å²) in [6, 6.07) is -0.450. The summed E-state index contributed by atoms with van der Waals surface area (Å²) in [4.78, 5) is 23.5. The van der Waals surface area contributed by atoms with Crippen molar-refractivity contribution in [3.63, 3.8) is 0 Å². The smallest absolute Gasteiger partial charge is 0.283 e. The Morgan fingerprint density at radius 2 is 2.10 bits per heavy atom. The minimum absolute atomic E-state index is 0.0480. The number of allylic oxidation sites excluding steroid dienone is 3. The Morgan fingerprint density at radius 3 is 2.80 bits per heavy atom. The molecule has 1 unspecified atom stereocenters. The zero-order valence-electron chi connectivity index (χ0n) is 15.5. The van der Waals surface area contributed by atoms with Gasteiger partial charge in [-0.15, -0.1) is 0 Å². The predicted molar refractivity (Wildman–Crippen MR) is 96.1 cm³/mol. The van der Waals surface area contributed by atoms with E-state index >= 15 is 0 Å². The van der Waals surface area contributed by atoms with E-state index in [-0.39, 0.29) is 36.9 Å². The van der Waals surface area contributed by atoms with Crippen LogP contribution in [-0.4, -0.2) is 58.3 Å². The summed E-state index contributed by atoms with van der Waals surface area (Å²) in [7, 11) is 0. The van der Waals surface area contributed by atoms with Gasteiger partial charge in [-0.25, -0.2) is 28.1 Å². The number of nitrogens with one attached hydrogen (secondary N) is 1. The second-order valence-electron chi connectivity index (χ2n) is 7.15. The normalized spacial score (nSPS) is 30.7. The van der Waals surface area contributed by atoms with Gasteiger partial charge in [0.05, 0.1) is 31.5 Å². The van der Waals surface area contributed by atoms with Crippen LogP contribution in [0.4, 0.5) is 13.2 Å². The van der Waals surface area contributed by atoms with Crippen LogP contribution < -0.4 is 11.1 Å². The van der Waals surface area contributed by atoms with Crippen LogP contribution in [0.2, 0.25) is 0 Å². The van der Waals surface area contributed by atoms with Gasteiger partial charge >= 0.3 is 0 Å². The molecular weight excluding hydrogens is 407 g/mol. The molecule has 0 saturated carbocycles. The van der Waals surface area contributed by atoms with Crippen molar-refractivity contribution in [2.75, 3.05) is 13.2 Å². The number of amidine groups is 1. The summed E-state index contributed by atoms with van der Waals surface area (Å²) in [6.45, 7) is -0.0313. The Bertz CT molecular complexity index is 936. The fourth-order valence-electron chi connectivity index (χ4n) is 4.04. The van der Waals surface area contributed by atoms with Crippen molar-refractivity contribution in [2.45, 2.75) is 24.5 Å². The molecule has 3 aliphatic rings. The zero-order valence-corrected chi connectivity index (χ0v) is 15.5. The maximum atomic E-state index is 14.8. The van der Waals surface area contributed by atoms with E-state index in [1.807, 2.05) is 0 Å². The van der Waals surface area contributed by atoms with Crippen LogP contribution in [0.15, 0.2) is 41.1 Å². The first kappa shape index (κ1) is 20.1. The number of rotatable bonds is 4. The van der Waals surface area contributed by atoms with Crippen molar-refractivity contribution in [1.82, 2.24) is 15.3 Å².